The molecule has 11 atom stereocenters. The fraction of sp³-hybridized carbons (Fsp3) is 0.560. The van der Waals surface area contributed by atoms with Crippen LogP contribution in [0, 0.1) is 5.92 Å². The van der Waals surface area contributed by atoms with Gasteiger partial charge in [-0.25, -0.2) is 0 Å². The highest BCUT2D eigenvalue weighted by atomic mass is 16.3. The molecule has 0 aliphatic carbocycles. The maximum absolute atomic E-state index is 14.4. The molecule has 1 fully saturated rings. The zero-order valence-corrected chi connectivity index (χ0v) is 44.0. The van der Waals surface area contributed by atoms with Crippen LogP contribution in [-0.2, 0) is 49.6 Å². The van der Waals surface area contributed by atoms with Gasteiger partial charge in [0.05, 0.1) is 12.2 Å². The molecular formula is C50H79N15O12. The highest BCUT2D eigenvalue weighted by Gasteiger charge is 2.37. The lowest BCUT2D eigenvalue weighted by atomic mass is 10.00. The van der Waals surface area contributed by atoms with Crippen LogP contribution in [0.15, 0.2) is 54.6 Å². The van der Waals surface area contributed by atoms with E-state index < -0.39 is 139 Å². The first-order valence-electron chi connectivity index (χ1n) is 25.6. The first-order valence-corrected chi connectivity index (χ1v) is 25.6. The Morgan fingerprint density at radius 2 is 1.09 bits per heavy atom. The fourth-order valence-corrected chi connectivity index (χ4v) is 8.04. The van der Waals surface area contributed by atoms with Crippen LogP contribution in [0.1, 0.15) is 82.1 Å². The normalized spacial score (nSPS) is 23.2. The van der Waals surface area contributed by atoms with Gasteiger partial charge < -0.3 is 92.0 Å². The molecule has 1 heterocycles. The Hall–Kier alpha value is -7.30. The molecule has 1 aliphatic heterocycles. The van der Waals surface area contributed by atoms with Crippen molar-refractivity contribution in [2.45, 2.75) is 139 Å². The average molecular weight is 1080 g/mol. The maximum Gasteiger partial charge on any atom is 0.252 e. The molecule has 27 nitrogen and oxygen atoms in total. The molecule has 27 heteroatoms. The van der Waals surface area contributed by atoms with Gasteiger partial charge in [-0.3, -0.25) is 47.9 Å². The van der Waals surface area contributed by atoms with Gasteiger partial charge in [-0.1, -0.05) is 44.2 Å². The minimum Gasteiger partial charge on any atom is -0.399 e. The molecule has 77 heavy (non-hydrogen) atoms. The number of aliphatic hydroxyl groups is 2. The topological polar surface area (TPSA) is 462 Å². The summed E-state index contributed by atoms with van der Waals surface area (Å²) in [5, 5.41) is 46.7. The SMILES string of the molecule is CC(C)C[C@@H]1NC(=O)[C@@H](Cc2ccccc2)NC(=O)[C@H](CCN)NC(=O)[C@@H](NC(=O)[C@H](CCN)NC(=O)[C@@H](NC(=O)c2ccc(N)cc2)C(C)O)CCNC(=O)C(C(C)O)NC(=O)[C@H](CCN)NC(=O)[C@H](CCN)NC1=O. The van der Waals surface area contributed by atoms with Gasteiger partial charge in [0, 0.05) is 24.2 Å². The number of aliphatic hydroxyl groups excluding tert-OH is 2. The number of rotatable bonds is 20. The number of hydrogen-bond acceptors (Lipinski definition) is 17. The number of hydrogen-bond donors (Lipinski definition) is 17. The van der Waals surface area contributed by atoms with Crippen LogP contribution in [0.5, 0.6) is 0 Å². The zero-order valence-electron chi connectivity index (χ0n) is 44.0. The van der Waals surface area contributed by atoms with Gasteiger partial charge in [0.15, 0.2) is 0 Å². The molecule has 2 aromatic rings. The Morgan fingerprint density at radius 1 is 0.597 bits per heavy atom. The van der Waals surface area contributed by atoms with Gasteiger partial charge in [0.2, 0.25) is 53.2 Å². The van der Waals surface area contributed by atoms with Crippen molar-refractivity contribution in [3.63, 3.8) is 0 Å². The lowest BCUT2D eigenvalue weighted by Crippen LogP contribution is -2.61. The first-order chi connectivity index (χ1) is 36.5. The molecule has 3 rings (SSSR count). The predicted molar refractivity (Wildman–Crippen MR) is 283 cm³/mol. The van der Waals surface area contributed by atoms with Gasteiger partial charge in [0.1, 0.15) is 54.4 Å². The second kappa shape index (κ2) is 32.3. The summed E-state index contributed by atoms with van der Waals surface area (Å²) in [6.07, 6.45) is -4.27. The summed E-state index contributed by atoms with van der Waals surface area (Å²) in [5.74, 6) is -9.27. The maximum atomic E-state index is 14.4. The van der Waals surface area contributed by atoms with E-state index in [4.69, 9.17) is 28.7 Å². The van der Waals surface area contributed by atoms with Gasteiger partial charge in [0.25, 0.3) is 5.91 Å². The zero-order chi connectivity index (χ0) is 57.4. The van der Waals surface area contributed by atoms with E-state index in [2.05, 4.69) is 53.2 Å². The minimum absolute atomic E-state index is 0.0541. The van der Waals surface area contributed by atoms with Crippen LogP contribution >= 0.6 is 0 Å². The molecule has 0 spiro atoms. The Kier molecular flexibility index (Phi) is 26.9. The third-order valence-corrected chi connectivity index (χ3v) is 12.3. The summed E-state index contributed by atoms with van der Waals surface area (Å²) in [4.78, 5) is 139. The van der Waals surface area contributed by atoms with Crippen LogP contribution in [0.3, 0.4) is 0 Å². The third-order valence-electron chi connectivity index (χ3n) is 12.3. The standard InChI is InChI=1S/C50H79N15O12/c1-26(2)24-37-47(74)59-32(14-19-51)42(69)58-35(17-22-54)46(73)65-39(27(3)66)49(76)56-23-18-36(45(72)57-33(15-20-52)44(71)63-38(48(75)62-37)25-29-8-6-5-7-9-29)60-43(70)34(16-21-53)61-50(77)40(28(4)67)64-41(68)30-10-12-31(55)13-11-30/h5-13,26-28,32-40,66-67H,14-25,51-55H2,1-4H3,(H,56,76)(H,57,72)(H,58,69)(H,59,74)(H,60,70)(H,61,77)(H,62,75)(H,63,71)(H,64,68)(H,65,73)/t27?,28?,32-,33-,34-,35-,36-,37-,38+,39?,40-/m0/s1. The summed E-state index contributed by atoms with van der Waals surface area (Å²) in [5.41, 5.74) is 30.2. The van der Waals surface area contributed by atoms with Gasteiger partial charge in [-0.05, 0) is 114 Å². The molecule has 0 saturated carbocycles. The van der Waals surface area contributed by atoms with Gasteiger partial charge >= 0.3 is 0 Å². The van der Waals surface area contributed by atoms with E-state index in [0.717, 1.165) is 0 Å². The smallest absolute Gasteiger partial charge is 0.252 e. The molecule has 0 aromatic heterocycles. The van der Waals surface area contributed by atoms with E-state index in [1.54, 1.807) is 44.2 Å². The molecule has 3 unspecified atom stereocenters. The monoisotopic (exact) mass is 1080 g/mol. The Labute approximate surface area is 447 Å². The quantitative estimate of drug-likeness (QED) is 0.0549. The summed E-state index contributed by atoms with van der Waals surface area (Å²) < 4.78 is 0. The highest BCUT2D eigenvalue weighted by Crippen LogP contribution is 2.12. The number of carbonyl (C=O) groups excluding carboxylic acids is 10. The number of nitrogen functional groups attached to an aromatic ring is 1. The molecule has 2 aromatic carbocycles. The second-order valence-corrected chi connectivity index (χ2v) is 19.2. The summed E-state index contributed by atoms with van der Waals surface area (Å²) >= 11 is 0. The first kappa shape index (κ1) is 64.0. The van der Waals surface area contributed by atoms with Crippen LogP contribution < -0.4 is 81.8 Å². The number of nitrogens with two attached hydrogens (primary N) is 5. The van der Waals surface area contributed by atoms with Crippen LogP contribution in [0.25, 0.3) is 0 Å². The lowest BCUT2D eigenvalue weighted by molar-refractivity contribution is -0.136. The number of carbonyl (C=O) groups is 10. The van der Waals surface area contributed by atoms with Crippen LogP contribution in [0.4, 0.5) is 5.69 Å². The van der Waals surface area contributed by atoms with Gasteiger partial charge in [-0.15, -0.1) is 0 Å². The van der Waals surface area contributed by atoms with Crippen LogP contribution in [0.2, 0.25) is 0 Å². The van der Waals surface area contributed by atoms with Crippen molar-refractivity contribution in [1.29, 1.82) is 0 Å². The molecule has 1 aliphatic rings. The van der Waals surface area contributed by atoms with Crippen molar-refractivity contribution in [2.75, 3.05) is 38.5 Å². The Morgan fingerprint density at radius 3 is 1.60 bits per heavy atom. The van der Waals surface area contributed by atoms with Crippen molar-refractivity contribution >= 4 is 64.8 Å². The number of amides is 10. The van der Waals surface area contributed by atoms with Crippen molar-refractivity contribution in [2.24, 2.45) is 28.9 Å². The minimum atomic E-state index is -1.67. The van der Waals surface area contributed by atoms with E-state index in [9.17, 15) is 58.2 Å². The second-order valence-electron chi connectivity index (χ2n) is 19.2. The van der Waals surface area contributed by atoms with E-state index >= 15 is 0 Å². The molecule has 0 bridgehead atoms. The Bertz CT molecular complexity index is 2310. The van der Waals surface area contributed by atoms with Crippen molar-refractivity contribution in [3.8, 4) is 0 Å². The number of benzene rings is 2. The summed E-state index contributed by atoms with van der Waals surface area (Å²) in [7, 11) is 0. The molecule has 22 N–H and O–H groups in total. The Balaban J connectivity index is 2.11. The molecule has 1 saturated heterocycles. The average Bonchev–Trinajstić information content (AvgIpc) is 3.37. The van der Waals surface area contributed by atoms with Crippen molar-refractivity contribution < 1.29 is 58.2 Å². The lowest BCUT2D eigenvalue weighted by Gasteiger charge is -2.28. The summed E-state index contributed by atoms with van der Waals surface area (Å²) in [6.45, 7) is 4.95. The fourth-order valence-electron chi connectivity index (χ4n) is 8.04. The number of nitrogens with one attached hydrogen (secondary N) is 10. The largest absolute Gasteiger partial charge is 0.399 e. The third kappa shape index (κ3) is 21.0. The molecule has 10 amide bonds. The van der Waals surface area contributed by atoms with E-state index in [0.29, 0.717) is 11.3 Å². The highest BCUT2D eigenvalue weighted by molar-refractivity contribution is 6.00. The van der Waals surface area contributed by atoms with Crippen LogP contribution in [-0.4, -0.2) is 169 Å². The predicted octanol–water partition coefficient (Wildman–Crippen LogP) is -5.79. The van der Waals surface area contributed by atoms with E-state index in [-0.39, 0.29) is 76.2 Å². The molecule has 426 valence electrons. The van der Waals surface area contributed by atoms with Crippen molar-refractivity contribution in [3.05, 3.63) is 65.7 Å². The molecular weight excluding hydrogens is 1000 g/mol. The number of anilines is 1. The van der Waals surface area contributed by atoms with Gasteiger partial charge in [-0.2, -0.15) is 0 Å². The van der Waals surface area contributed by atoms with E-state index in [1.807, 2.05) is 0 Å². The molecule has 0 radical (unpaired) electrons. The van der Waals surface area contributed by atoms with E-state index in [1.165, 1.54) is 38.1 Å². The summed E-state index contributed by atoms with van der Waals surface area (Å²) in [6, 6.07) is 0.943. The van der Waals surface area contributed by atoms with Crippen molar-refractivity contribution in [1.82, 2.24) is 53.2 Å².